The van der Waals surface area contributed by atoms with Crippen molar-refractivity contribution in [2.45, 2.75) is 69.1 Å². The molecule has 0 spiro atoms. The van der Waals surface area contributed by atoms with Gasteiger partial charge < -0.3 is 19.5 Å². The number of fused-ring (bicyclic) bond motifs is 3. The largest absolute Gasteiger partial charge is 0.379 e. The van der Waals surface area contributed by atoms with E-state index in [9.17, 15) is 14.4 Å². The Bertz CT molecular complexity index is 1980. The third-order valence-corrected chi connectivity index (χ3v) is 11.9. The summed E-state index contributed by atoms with van der Waals surface area (Å²) in [6.45, 7) is 9.24. The lowest BCUT2D eigenvalue weighted by molar-refractivity contribution is -0.132. The maximum atomic E-state index is 13.2. The maximum Gasteiger partial charge on any atom is 0.240 e. The second-order valence-electron chi connectivity index (χ2n) is 13.1. The van der Waals surface area contributed by atoms with E-state index >= 15 is 0 Å². The first kappa shape index (κ1) is 39.8. The molecule has 2 N–H and O–H groups in total. The highest BCUT2D eigenvalue weighted by Gasteiger charge is 2.32. The van der Waals surface area contributed by atoms with Gasteiger partial charge in [0.25, 0.3) is 0 Å². The molecule has 1 fully saturated rings. The molecule has 2 aliphatic rings. The number of hydrogen-bond donors (Lipinski definition) is 2. The first-order chi connectivity index (χ1) is 26.2. The number of aromatic nitrogens is 3. The minimum atomic E-state index is -0.533. The molecule has 54 heavy (non-hydrogen) atoms. The third-order valence-electron chi connectivity index (χ3n) is 9.17. The first-order valence-electron chi connectivity index (χ1n) is 18.1. The average molecular weight is 793 g/mol. The van der Waals surface area contributed by atoms with E-state index in [1.54, 1.807) is 11.3 Å². The molecule has 0 saturated carbocycles. The molecule has 2 aliphatic heterocycles. The summed E-state index contributed by atoms with van der Waals surface area (Å²) < 4.78 is 19.1. The van der Waals surface area contributed by atoms with E-state index in [0.29, 0.717) is 69.9 Å². The Morgan fingerprint density at radius 3 is 2.50 bits per heavy atom. The molecule has 6 rings (SSSR count). The van der Waals surface area contributed by atoms with Crippen LogP contribution in [0.3, 0.4) is 0 Å². The highest BCUT2D eigenvalue weighted by Crippen LogP contribution is 2.39. The maximum absolute atomic E-state index is 13.2. The molecular weight excluding hydrogens is 748 g/mol. The van der Waals surface area contributed by atoms with E-state index in [0.717, 1.165) is 51.0 Å². The molecule has 1 unspecified atom stereocenters. The van der Waals surface area contributed by atoms with Gasteiger partial charge in [0.2, 0.25) is 17.7 Å². The van der Waals surface area contributed by atoms with Crippen molar-refractivity contribution in [1.29, 1.82) is 0 Å². The number of aryl methyl sites for hydroxylation is 3. The average Bonchev–Trinajstić information content (AvgIpc) is 3.63. The van der Waals surface area contributed by atoms with Crippen LogP contribution in [0.5, 0.6) is 0 Å². The van der Waals surface area contributed by atoms with Crippen molar-refractivity contribution in [3.63, 3.8) is 0 Å². The van der Waals surface area contributed by atoms with Gasteiger partial charge in [-0.2, -0.15) is 0 Å². The van der Waals surface area contributed by atoms with E-state index < -0.39 is 6.04 Å². The number of carbonyl (C=O) groups is 3. The van der Waals surface area contributed by atoms with Crippen LogP contribution in [0.1, 0.15) is 70.5 Å². The van der Waals surface area contributed by atoms with Crippen molar-refractivity contribution in [2.24, 2.45) is 4.99 Å². The number of carbonyl (C=O) groups excluding carboxylic acids is 3. The van der Waals surface area contributed by atoms with Crippen molar-refractivity contribution < 1.29 is 28.6 Å². The molecule has 12 nitrogen and oxygen atoms in total. The number of benzene rings is 2. The minimum absolute atomic E-state index is 0.112. The molecule has 0 aliphatic carbocycles. The summed E-state index contributed by atoms with van der Waals surface area (Å²) in [6.07, 6.45) is 2.79. The van der Waals surface area contributed by atoms with Gasteiger partial charge in [-0.05, 0) is 75.4 Å². The Morgan fingerprint density at radius 2 is 1.74 bits per heavy atom. The number of aliphatic imine (C=N–C) groups is 1. The molecule has 4 aromatic rings. The number of rotatable bonds is 18. The number of amides is 3. The first-order valence-corrected chi connectivity index (χ1v) is 20.2. The van der Waals surface area contributed by atoms with Crippen molar-refractivity contribution in [3.05, 3.63) is 92.3 Å². The Hall–Kier alpha value is -3.92. The quantitative estimate of drug-likeness (QED) is 0.0932. The Kier molecular flexibility index (Phi) is 14.1. The van der Waals surface area contributed by atoms with Gasteiger partial charge in [0.1, 0.15) is 16.9 Å². The molecule has 15 heteroatoms. The van der Waals surface area contributed by atoms with Crippen molar-refractivity contribution in [3.8, 4) is 5.00 Å². The SMILES string of the molecule is Cc1sc2c(c1C)C(c1ccc(Cl)cc1)=N[C@@H](CC(=O)NCCOCCOCCOCCCc1cccc(SC3CCC(=O)NC3=O)c1)c1nnc(C)n1-2. The lowest BCUT2D eigenvalue weighted by atomic mass is 9.99. The predicted molar refractivity (Wildman–Crippen MR) is 210 cm³/mol. The van der Waals surface area contributed by atoms with Crippen molar-refractivity contribution >= 4 is 58.1 Å². The number of ether oxygens (including phenoxy) is 3. The number of imide groups is 1. The number of hydrogen-bond acceptors (Lipinski definition) is 11. The van der Waals surface area contributed by atoms with Gasteiger partial charge in [0.15, 0.2) is 5.82 Å². The van der Waals surface area contributed by atoms with Gasteiger partial charge in [0.05, 0.1) is 50.4 Å². The summed E-state index contributed by atoms with van der Waals surface area (Å²) in [5, 5.41) is 15.6. The zero-order valence-electron chi connectivity index (χ0n) is 30.7. The zero-order chi connectivity index (χ0) is 38.0. The van der Waals surface area contributed by atoms with Crippen LogP contribution >= 0.6 is 34.7 Å². The van der Waals surface area contributed by atoms with Crippen LogP contribution in [0, 0.1) is 20.8 Å². The minimum Gasteiger partial charge on any atom is -0.379 e. The number of piperidine rings is 1. The fourth-order valence-electron chi connectivity index (χ4n) is 6.29. The van der Waals surface area contributed by atoms with Gasteiger partial charge in [-0.1, -0.05) is 35.9 Å². The normalized spacial score (nSPS) is 16.7. The lowest BCUT2D eigenvalue weighted by Gasteiger charge is -2.20. The molecule has 4 heterocycles. The summed E-state index contributed by atoms with van der Waals surface area (Å²) in [7, 11) is 0. The lowest BCUT2D eigenvalue weighted by Crippen LogP contribution is -2.42. The molecule has 1 saturated heterocycles. The van der Waals surface area contributed by atoms with Crippen LogP contribution in [0.25, 0.3) is 5.00 Å². The van der Waals surface area contributed by atoms with Gasteiger partial charge in [-0.15, -0.1) is 33.3 Å². The summed E-state index contributed by atoms with van der Waals surface area (Å²) in [5.41, 5.74) is 5.08. The summed E-state index contributed by atoms with van der Waals surface area (Å²) in [4.78, 5) is 44.0. The molecule has 0 radical (unpaired) electrons. The van der Waals surface area contributed by atoms with Crippen molar-refractivity contribution in [2.75, 3.05) is 46.2 Å². The molecule has 2 aromatic heterocycles. The van der Waals surface area contributed by atoms with Gasteiger partial charge in [-0.3, -0.25) is 29.3 Å². The van der Waals surface area contributed by atoms with Crippen LogP contribution < -0.4 is 10.6 Å². The van der Waals surface area contributed by atoms with Crippen LogP contribution in [0.15, 0.2) is 58.4 Å². The number of thioether (sulfide) groups is 1. The molecule has 286 valence electrons. The fourth-order valence-corrected chi connectivity index (χ4v) is 8.73. The Labute approximate surface area is 328 Å². The van der Waals surface area contributed by atoms with E-state index in [1.807, 2.05) is 47.9 Å². The summed E-state index contributed by atoms with van der Waals surface area (Å²) in [5.74, 6) is 0.826. The van der Waals surface area contributed by atoms with E-state index in [4.69, 9.17) is 30.8 Å². The number of nitrogens with zero attached hydrogens (tertiary/aromatic N) is 4. The molecule has 0 bridgehead atoms. The van der Waals surface area contributed by atoms with Crippen LogP contribution in [0.2, 0.25) is 5.02 Å². The predicted octanol–water partition coefficient (Wildman–Crippen LogP) is 5.89. The molecule has 2 aromatic carbocycles. The standard InChI is InChI=1S/C39H45ClN6O6S2/c1-24-25(2)53-39-35(24)36(28-9-11-29(40)12-10-28)42-31(37-45-44-26(3)46(37)39)23-34(48)41-15-17-51-19-21-52-20-18-50-16-5-7-27-6-4-8-30(22-27)54-32-13-14-33(47)43-38(32)49/h4,6,8-12,22,31-32H,5,7,13-21,23H2,1-3H3,(H,41,48)(H,43,47,49)/t31-,32?/m0/s1. The van der Waals surface area contributed by atoms with Crippen LogP contribution in [0.4, 0.5) is 0 Å². The monoisotopic (exact) mass is 792 g/mol. The number of thiophene rings is 1. The van der Waals surface area contributed by atoms with Crippen molar-refractivity contribution in [1.82, 2.24) is 25.4 Å². The smallest absolute Gasteiger partial charge is 0.240 e. The zero-order valence-corrected chi connectivity index (χ0v) is 33.1. The fraction of sp³-hybridized carbons (Fsp3) is 0.436. The highest BCUT2D eigenvalue weighted by atomic mass is 35.5. The molecular formula is C39H45ClN6O6S2. The van der Waals surface area contributed by atoms with Gasteiger partial charge >= 0.3 is 0 Å². The number of halogens is 1. The van der Waals surface area contributed by atoms with Gasteiger partial charge in [-0.25, -0.2) is 0 Å². The summed E-state index contributed by atoms with van der Waals surface area (Å²) in [6, 6.07) is 15.3. The molecule has 2 atom stereocenters. The van der Waals surface area contributed by atoms with E-state index in [2.05, 4.69) is 46.8 Å². The summed E-state index contributed by atoms with van der Waals surface area (Å²) >= 11 is 9.39. The Balaban J connectivity index is 0.864. The second kappa shape index (κ2) is 19.1. The molecule has 3 amide bonds. The second-order valence-corrected chi connectivity index (χ2v) is 16.0. The van der Waals surface area contributed by atoms with E-state index in [1.165, 1.54) is 22.2 Å². The third kappa shape index (κ3) is 10.2. The number of nitrogens with one attached hydrogen (secondary N) is 2. The van der Waals surface area contributed by atoms with E-state index in [-0.39, 0.29) is 29.4 Å². The highest BCUT2D eigenvalue weighted by molar-refractivity contribution is 8.00. The van der Waals surface area contributed by atoms with Gasteiger partial charge in [0, 0.05) is 45.5 Å². The van der Waals surface area contributed by atoms with Crippen LogP contribution in [-0.2, 0) is 35.0 Å². The van der Waals surface area contributed by atoms with Crippen LogP contribution in [-0.4, -0.2) is 89.6 Å². The topological polar surface area (TPSA) is 146 Å². The Morgan fingerprint density at radius 1 is 1.00 bits per heavy atom.